The van der Waals surface area contributed by atoms with Crippen molar-refractivity contribution in [2.75, 3.05) is 0 Å². The van der Waals surface area contributed by atoms with Gasteiger partial charge >= 0.3 is 0 Å². The number of rotatable bonds is 7. The van der Waals surface area contributed by atoms with Gasteiger partial charge in [0.05, 0.1) is 12.3 Å². The van der Waals surface area contributed by atoms with Crippen molar-refractivity contribution in [1.29, 1.82) is 5.26 Å². The van der Waals surface area contributed by atoms with E-state index in [2.05, 4.69) is 56.7 Å². The molecule has 136 valence electrons. The third-order valence-electron chi connectivity index (χ3n) is 4.30. The summed E-state index contributed by atoms with van der Waals surface area (Å²) in [5.74, 6) is 0. The third kappa shape index (κ3) is 4.46. The van der Waals surface area contributed by atoms with E-state index in [4.69, 9.17) is 4.43 Å². The van der Waals surface area contributed by atoms with Gasteiger partial charge in [-0.15, -0.1) is 0 Å². The minimum atomic E-state index is -1.77. The topological polar surface area (TPSA) is 63.0 Å². The molecule has 4 nitrogen and oxygen atoms in total. The quantitative estimate of drug-likeness (QED) is 0.516. The zero-order valence-electron chi connectivity index (χ0n) is 16.2. The van der Waals surface area contributed by atoms with Crippen molar-refractivity contribution in [2.24, 2.45) is 0 Å². The minimum Gasteiger partial charge on any atom is -0.413 e. The first-order valence-electron chi connectivity index (χ1n) is 8.98. The molecule has 0 aliphatic heterocycles. The number of hydrogen-bond acceptors (Lipinski definition) is 4. The van der Waals surface area contributed by atoms with Gasteiger partial charge in [-0.05, 0) is 49.7 Å². The van der Waals surface area contributed by atoms with Gasteiger partial charge in [-0.1, -0.05) is 32.0 Å². The Labute approximate surface area is 157 Å². The fourth-order valence-corrected chi connectivity index (χ4v) is 3.51. The summed E-state index contributed by atoms with van der Waals surface area (Å²) in [5.41, 5.74) is 5.41. The molecule has 0 unspecified atom stereocenters. The zero-order valence-corrected chi connectivity index (χ0v) is 17.2. The molecule has 1 aromatic carbocycles. The molecule has 2 rings (SSSR count). The minimum absolute atomic E-state index is 0.246. The van der Waals surface area contributed by atoms with Gasteiger partial charge in [0.15, 0.2) is 14.6 Å². The molecular formula is C21H26N2O2Si. The summed E-state index contributed by atoms with van der Waals surface area (Å²) < 4.78 is 5.92. The highest BCUT2D eigenvalue weighted by Crippen LogP contribution is 2.30. The molecular weight excluding hydrogens is 340 g/mol. The van der Waals surface area contributed by atoms with E-state index in [-0.39, 0.29) is 12.3 Å². The van der Waals surface area contributed by atoms with E-state index in [0.29, 0.717) is 16.8 Å². The van der Waals surface area contributed by atoms with Crippen molar-refractivity contribution in [3.8, 4) is 17.3 Å². The maximum absolute atomic E-state index is 11.7. The molecule has 0 aliphatic carbocycles. The predicted octanol–water partition coefficient (Wildman–Crippen LogP) is 4.91. The number of carbonyl (C=O) groups is 1. The SMILES string of the molecule is CCc1cccc(CC)c1-c1cc(C=O)c(CO[Si](C)(C)C)c(C#N)n1. The van der Waals surface area contributed by atoms with Crippen LogP contribution >= 0.6 is 0 Å². The highest BCUT2D eigenvalue weighted by molar-refractivity contribution is 6.69. The normalized spacial score (nSPS) is 11.2. The molecule has 2 aromatic rings. The zero-order chi connectivity index (χ0) is 19.3. The second-order valence-electron chi connectivity index (χ2n) is 7.21. The number of hydrogen-bond donors (Lipinski definition) is 0. The van der Waals surface area contributed by atoms with Crippen molar-refractivity contribution >= 4 is 14.6 Å². The van der Waals surface area contributed by atoms with E-state index in [9.17, 15) is 10.1 Å². The molecule has 0 amide bonds. The van der Waals surface area contributed by atoms with Crippen molar-refractivity contribution in [3.05, 3.63) is 52.2 Å². The first kappa shape index (κ1) is 20.0. The van der Waals surface area contributed by atoms with Crippen molar-refractivity contribution in [1.82, 2.24) is 4.98 Å². The molecule has 5 heteroatoms. The highest BCUT2D eigenvalue weighted by Gasteiger charge is 2.20. The summed E-state index contributed by atoms with van der Waals surface area (Å²) in [5, 5.41) is 9.62. The Bertz CT molecular complexity index is 826. The van der Waals surface area contributed by atoms with Crippen LogP contribution in [0.3, 0.4) is 0 Å². The molecule has 0 atom stereocenters. The molecule has 1 aromatic heterocycles. The Kier molecular flexibility index (Phi) is 6.46. The summed E-state index contributed by atoms with van der Waals surface area (Å²) >= 11 is 0. The summed E-state index contributed by atoms with van der Waals surface area (Å²) in [6.45, 7) is 10.7. The van der Waals surface area contributed by atoms with Crippen LogP contribution in [0.25, 0.3) is 11.3 Å². The van der Waals surface area contributed by atoms with Gasteiger partial charge in [-0.25, -0.2) is 4.98 Å². The van der Waals surface area contributed by atoms with E-state index in [0.717, 1.165) is 24.7 Å². The third-order valence-corrected chi connectivity index (χ3v) is 5.31. The van der Waals surface area contributed by atoms with Crippen molar-refractivity contribution in [2.45, 2.75) is 52.9 Å². The number of pyridine rings is 1. The number of benzene rings is 1. The Morgan fingerprint density at radius 2 is 1.81 bits per heavy atom. The van der Waals surface area contributed by atoms with Crippen molar-refractivity contribution in [3.63, 3.8) is 0 Å². The second-order valence-corrected chi connectivity index (χ2v) is 11.7. The van der Waals surface area contributed by atoms with Crippen LogP contribution in [0.2, 0.25) is 19.6 Å². The van der Waals surface area contributed by atoms with Crippen molar-refractivity contribution < 1.29 is 9.22 Å². The molecule has 0 spiro atoms. The molecule has 0 saturated heterocycles. The van der Waals surface area contributed by atoms with Crippen LogP contribution < -0.4 is 0 Å². The van der Waals surface area contributed by atoms with Crippen LogP contribution in [0.1, 0.15) is 46.6 Å². The van der Waals surface area contributed by atoms with Crippen LogP contribution in [0.5, 0.6) is 0 Å². The van der Waals surface area contributed by atoms with E-state index >= 15 is 0 Å². The van der Waals surface area contributed by atoms with Crippen LogP contribution in [0.15, 0.2) is 24.3 Å². The Balaban J connectivity index is 2.64. The summed E-state index contributed by atoms with van der Waals surface area (Å²) in [6, 6.07) is 10.1. The van der Waals surface area contributed by atoms with Crippen LogP contribution in [-0.2, 0) is 23.9 Å². The van der Waals surface area contributed by atoms with Crippen LogP contribution in [0.4, 0.5) is 0 Å². The lowest BCUT2D eigenvalue weighted by Gasteiger charge is -2.19. The maximum atomic E-state index is 11.7. The largest absolute Gasteiger partial charge is 0.413 e. The van der Waals surface area contributed by atoms with Crippen LogP contribution in [-0.4, -0.2) is 19.6 Å². The fourth-order valence-electron chi connectivity index (χ4n) is 2.93. The Morgan fingerprint density at radius 3 is 2.27 bits per heavy atom. The van der Waals surface area contributed by atoms with E-state index < -0.39 is 8.32 Å². The van der Waals surface area contributed by atoms with E-state index in [1.807, 2.05) is 6.07 Å². The standard InChI is InChI=1S/C21H26N2O2Si/c1-6-15-9-8-10-16(7-2)21(15)19-11-17(13-24)18(20(12-22)23-19)14-25-26(3,4)5/h8-11,13H,6-7,14H2,1-5H3. The number of aryl methyl sites for hydroxylation is 2. The Hall–Kier alpha value is -2.29. The molecule has 0 saturated carbocycles. The predicted molar refractivity (Wildman–Crippen MR) is 107 cm³/mol. The fraction of sp³-hybridized carbons (Fsp3) is 0.381. The lowest BCUT2D eigenvalue weighted by Crippen LogP contribution is -2.25. The van der Waals surface area contributed by atoms with E-state index in [1.165, 1.54) is 11.1 Å². The molecule has 0 N–H and O–H groups in total. The number of aldehydes is 1. The monoisotopic (exact) mass is 366 g/mol. The average Bonchev–Trinajstić information content (AvgIpc) is 2.64. The second kappa shape index (κ2) is 8.39. The molecule has 0 bridgehead atoms. The van der Waals surface area contributed by atoms with Gasteiger partial charge in [-0.2, -0.15) is 5.26 Å². The number of aromatic nitrogens is 1. The maximum Gasteiger partial charge on any atom is 0.184 e. The molecule has 0 aliphatic rings. The van der Waals surface area contributed by atoms with Gasteiger partial charge in [0.2, 0.25) is 0 Å². The van der Waals surface area contributed by atoms with Gasteiger partial charge in [-0.3, -0.25) is 4.79 Å². The summed E-state index contributed by atoms with van der Waals surface area (Å²) in [4.78, 5) is 16.3. The number of nitrogens with zero attached hydrogens (tertiary/aromatic N) is 2. The first-order valence-corrected chi connectivity index (χ1v) is 12.4. The average molecular weight is 367 g/mol. The lowest BCUT2D eigenvalue weighted by molar-refractivity contribution is 0.112. The van der Waals surface area contributed by atoms with E-state index in [1.54, 1.807) is 6.07 Å². The molecule has 0 fully saturated rings. The molecule has 26 heavy (non-hydrogen) atoms. The van der Waals surface area contributed by atoms with Gasteiger partial charge in [0, 0.05) is 16.7 Å². The summed E-state index contributed by atoms with van der Waals surface area (Å²) in [6.07, 6.45) is 2.53. The molecule has 0 radical (unpaired) electrons. The van der Waals surface area contributed by atoms with Gasteiger partial charge < -0.3 is 4.43 Å². The first-order chi connectivity index (χ1) is 12.3. The van der Waals surface area contributed by atoms with Crippen LogP contribution in [0, 0.1) is 11.3 Å². The number of nitriles is 1. The Morgan fingerprint density at radius 1 is 1.19 bits per heavy atom. The highest BCUT2D eigenvalue weighted by atomic mass is 28.4. The van der Waals surface area contributed by atoms with Gasteiger partial charge in [0.1, 0.15) is 11.8 Å². The lowest BCUT2D eigenvalue weighted by atomic mass is 9.93. The summed E-state index contributed by atoms with van der Waals surface area (Å²) in [7, 11) is -1.77. The molecule has 1 heterocycles. The van der Waals surface area contributed by atoms with Gasteiger partial charge in [0.25, 0.3) is 0 Å². The number of carbonyl (C=O) groups excluding carboxylic acids is 1. The smallest absolute Gasteiger partial charge is 0.184 e.